The molecule has 0 aromatic carbocycles. The highest BCUT2D eigenvalue weighted by atomic mass is 35.5. The van der Waals surface area contributed by atoms with Crippen molar-refractivity contribution in [3.05, 3.63) is 23.2 Å². The first-order valence-electron chi connectivity index (χ1n) is 4.00. The molecule has 0 aliphatic carbocycles. The third-order valence-electron chi connectivity index (χ3n) is 2.10. The van der Waals surface area contributed by atoms with Gasteiger partial charge in [0.25, 0.3) is 0 Å². The Labute approximate surface area is 80.5 Å². The van der Waals surface area contributed by atoms with Gasteiger partial charge in [0, 0.05) is 19.2 Å². The highest BCUT2D eigenvalue weighted by Crippen LogP contribution is 2.28. The van der Waals surface area contributed by atoms with Crippen molar-refractivity contribution in [3.8, 4) is 0 Å². The van der Waals surface area contributed by atoms with Crippen LogP contribution in [0, 0.1) is 0 Å². The molecule has 13 heavy (non-hydrogen) atoms. The molecule has 0 bridgehead atoms. The maximum Gasteiger partial charge on any atom is 0.222 e. The average Bonchev–Trinajstić information content (AvgIpc) is 2.54. The second-order valence-corrected chi connectivity index (χ2v) is 3.38. The molecule has 0 radical (unpaired) electrons. The van der Waals surface area contributed by atoms with Gasteiger partial charge in [0.15, 0.2) is 0 Å². The minimum atomic E-state index is -0.980. The van der Waals surface area contributed by atoms with E-state index in [0.717, 1.165) is 0 Å². The topological polar surface area (TPSA) is 55.2 Å². The van der Waals surface area contributed by atoms with Crippen molar-refractivity contribution in [2.75, 3.05) is 13.2 Å². The Morgan fingerprint density at radius 3 is 3.08 bits per heavy atom. The van der Waals surface area contributed by atoms with Gasteiger partial charge in [-0.25, -0.2) is 9.97 Å². The molecule has 1 unspecified atom stereocenters. The molecule has 0 spiro atoms. The summed E-state index contributed by atoms with van der Waals surface area (Å²) in [4.78, 5) is 7.70. The number of ether oxygens (including phenoxy) is 1. The van der Waals surface area contributed by atoms with E-state index in [1.54, 1.807) is 6.07 Å². The Morgan fingerprint density at radius 2 is 2.46 bits per heavy atom. The summed E-state index contributed by atoms with van der Waals surface area (Å²) < 4.78 is 5.10. The van der Waals surface area contributed by atoms with E-state index in [1.165, 1.54) is 6.20 Å². The summed E-state index contributed by atoms with van der Waals surface area (Å²) in [5.74, 6) is 0. The monoisotopic (exact) mass is 200 g/mol. The molecule has 70 valence electrons. The van der Waals surface area contributed by atoms with Crippen LogP contribution < -0.4 is 0 Å². The van der Waals surface area contributed by atoms with Gasteiger partial charge in [-0.05, 0) is 17.7 Å². The van der Waals surface area contributed by atoms with Gasteiger partial charge in [-0.3, -0.25) is 0 Å². The number of hydrogen-bond acceptors (Lipinski definition) is 4. The summed E-state index contributed by atoms with van der Waals surface area (Å²) in [6.07, 6.45) is 2.08. The summed E-state index contributed by atoms with van der Waals surface area (Å²) in [6, 6.07) is 1.65. The summed E-state index contributed by atoms with van der Waals surface area (Å²) in [5, 5.41) is 10.2. The highest BCUT2D eigenvalue weighted by Gasteiger charge is 2.35. The van der Waals surface area contributed by atoms with E-state index in [0.29, 0.717) is 18.7 Å². The van der Waals surface area contributed by atoms with Crippen molar-refractivity contribution in [2.45, 2.75) is 12.0 Å². The molecule has 1 saturated heterocycles. The van der Waals surface area contributed by atoms with Gasteiger partial charge < -0.3 is 9.84 Å². The third kappa shape index (κ3) is 1.65. The van der Waals surface area contributed by atoms with Crippen LogP contribution in [-0.4, -0.2) is 28.3 Å². The van der Waals surface area contributed by atoms with Gasteiger partial charge >= 0.3 is 0 Å². The molecule has 1 aromatic heterocycles. The van der Waals surface area contributed by atoms with Gasteiger partial charge in [0.05, 0.1) is 12.3 Å². The number of halogens is 1. The SMILES string of the molecule is OC1(c2ccnc(Cl)n2)CCOC1. The van der Waals surface area contributed by atoms with Crippen LogP contribution >= 0.6 is 11.6 Å². The summed E-state index contributed by atoms with van der Waals surface area (Å²) >= 11 is 5.61. The third-order valence-corrected chi connectivity index (χ3v) is 2.29. The highest BCUT2D eigenvalue weighted by molar-refractivity contribution is 6.28. The lowest BCUT2D eigenvalue weighted by Gasteiger charge is -2.18. The van der Waals surface area contributed by atoms with E-state index in [-0.39, 0.29) is 11.9 Å². The Kier molecular flexibility index (Phi) is 2.19. The molecule has 1 atom stereocenters. The van der Waals surface area contributed by atoms with Crippen molar-refractivity contribution in [3.63, 3.8) is 0 Å². The second-order valence-electron chi connectivity index (χ2n) is 3.05. The van der Waals surface area contributed by atoms with Crippen LogP contribution in [0.4, 0.5) is 0 Å². The zero-order valence-electron chi connectivity index (χ0n) is 6.90. The van der Waals surface area contributed by atoms with E-state index in [4.69, 9.17) is 16.3 Å². The van der Waals surface area contributed by atoms with Crippen LogP contribution in [0.3, 0.4) is 0 Å². The molecule has 2 heterocycles. The average molecular weight is 201 g/mol. The van der Waals surface area contributed by atoms with E-state index >= 15 is 0 Å². The minimum absolute atomic E-state index is 0.151. The molecule has 1 N–H and O–H groups in total. The fourth-order valence-electron chi connectivity index (χ4n) is 1.35. The van der Waals surface area contributed by atoms with Gasteiger partial charge in [-0.1, -0.05) is 0 Å². The van der Waals surface area contributed by atoms with E-state index in [9.17, 15) is 5.11 Å². The number of aromatic nitrogens is 2. The second kappa shape index (κ2) is 3.21. The molecule has 4 nitrogen and oxygen atoms in total. The van der Waals surface area contributed by atoms with Gasteiger partial charge in [-0.2, -0.15) is 0 Å². The van der Waals surface area contributed by atoms with Crippen LogP contribution in [-0.2, 0) is 10.3 Å². The van der Waals surface area contributed by atoms with E-state index in [1.807, 2.05) is 0 Å². The summed E-state index contributed by atoms with van der Waals surface area (Å²) in [5.41, 5.74) is -0.447. The lowest BCUT2D eigenvalue weighted by atomic mass is 9.99. The quantitative estimate of drug-likeness (QED) is 0.680. The number of aliphatic hydroxyl groups is 1. The first-order valence-corrected chi connectivity index (χ1v) is 4.38. The number of hydrogen-bond donors (Lipinski definition) is 1. The van der Waals surface area contributed by atoms with E-state index in [2.05, 4.69) is 9.97 Å². The largest absolute Gasteiger partial charge is 0.381 e. The van der Waals surface area contributed by atoms with Crippen molar-refractivity contribution in [2.24, 2.45) is 0 Å². The molecule has 1 fully saturated rings. The predicted octanol–water partition coefficient (Wildman–Crippen LogP) is 0.738. The van der Waals surface area contributed by atoms with Crippen LogP contribution in [0.1, 0.15) is 12.1 Å². The maximum atomic E-state index is 10.0. The van der Waals surface area contributed by atoms with Crippen molar-refractivity contribution < 1.29 is 9.84 Å². The minimum Gasteiger partial charge on any atom is -0.381 e. The van der Waals surface area contributed by atoms with Crippen LogP contribution in [0.2, 0.25) is 5.28 Å². The fraction of sp³-hybridized carbons (Fsp3) is 0.500. The molecule has 0 saturated carbocycles. The summed E-state index contributed by atoms with van der Waals surface area (Å²) in [7, 11) is 0. The molecular weight excluding hydrogens is 192 g/mol. The molecule has 1 aromatic rings. The van der Waals surface area contributed by atoms with Gasteiger partial charge in [0.2, 0.25) is 5.28 Å². The number of rotatable bonds is 1. The number of nitrogens with zero attached hydrogens (tertiary/aromatic N) is 2. The van der Waals surface area contributed by atoms with Gasteiger partial charge in [0.1, 0.15) is 5.60 Å². The van der Waals surface area contributed by atoms with Crippen molar-refractivity contribution in [1.29, 1.82) is 0 Å². The smallest absolute Gasteiger partial charge is 0.222 e. The lowest BCUT2D eigenvalue weighted by Crippen LogP contribution is -2.27. The van der Waals surface area contributed by atoms with Crippen LogP contribution in [0.5, 0.6) is 0 Å². The standard InChI is InChI=1S/C8H9ClN2O2/c9-7-10-3-1-6(11-7)8(12)2-4-13-5-8/h1,3,12H,2,4-5H2. The van der Waals surface area contributed by atoms with Crippen LogP contribution in [0.25, 0.3) is 0 Å². The first kappa shape index (κ1) is 8.87. The predicted molar refractivity (Wildman–Crippen MR) is 46.4 cm³/mol. The normalized spacial score (nSPS) is 27.8. The van der Waals surface area contributed by atoms with Gasteiger partial charge in [-0.15, -0.1) is 0 Å². The Hall–Kier alpha value is -0.710. The molecular formula is C8H9ClN2O2. The molecule has 1 aliphatic heterocycles. The van der Waals surface area contributed by atoms with Crippen molar-refractivity contribution in [1.82, 2.24) is 9.97 Å². The maximum absolute atomic E-state index is 10.0. The Balaban J connectivity index is 2.33. The Bertz CT molecular complexity index is 313. The fourth-order valence-corrected chi connectivity index (χ4v) is 1.50. The van der Waals surface area contributed by atoms with Crippen molar-refractivity contribution >= 4 is 11.6 Å². The lowest BCUT2D eigenvalue weighted by molar-refractivity contribution is 0.0193. The molecule has 0 amide bonds. The van der Waals surface area contributed by atoms with Crippen LogP contribution in [0.15, 0.2) is 12.3 Å². The zero-order chi connectivity index (χ0) is 9.31. The molecule has 2 rings (SSSR count). The zero-order valence-corrected chi connectivity index (χ0v) is 7.66. The summed E-state index contributed by atoms with van der Waals surface area (Å²) in [6.45, 7) is 0.832. The molecule has 1 aliphatic rings. The Morgan fingerprint density at radius 1 is 1.62 bits per heavy atom. The van der Waals surface area contributed by atoms with E-state index < -0.39 is 5.60 Å². The first-order chi connectivity index (χ1) is 6.21. The molecule has 5 heteroatoms.